The van der Waals surface area contributed by atoms with Crippen molar-refractivity contribution in [2.24, 2.45) is 11.1 Å². The van der Waals surface area contributed by atoms with Crippen LogP contribution in [-0.2, 0) is 20.6 Å². The molecular weight excluding hydrogens is 324 g/mol. The van der Waals surface area contributed by atoms with Crippen molar-refractivity contribution in [2.45, 2.75) is 25.0 Å². The van der Waals surface area contributed by atoms with E-state index in [0.717, 1.165) is 6.42 Å². The zero-order valence-electron chi connectivity index (χ0n) is 13.4. The molecule has 0 saturated heterocycles. The molecule has 0 radical (unpaired) electrons. The highest BCUT2D eigenvalue weighted by atomic mass is 32.2. The molecule has 1 aliphatic carbocycles. The first-order chi connectivity index (χ1) is 11.3. The molecule has 24 heavy (non-hydrogen) atoms. The third-order valence-electron chi connectivity index (χ3n) is 4.19. The van der Waals surface area contributed by atoms with Gasteiger partial charge in [0.1, 0.15) is 0 Å². The topological polar surface area (TPSA) is 89.3 Å². The van der Waals surface area contributed by atoms with Crippen molar-refractivity contribution in [3.63, 3.8) is 0 Å². The SMILES string of the molecule is Cc1cccc([C@@H]2C[C@H]2C(=O)Nc2ccc(CS(N)(=O)=O)cc2)c1. The third-order valence-corrected chi connectivity index (χ3v) is 4.92. The van der Waals surface area contributed by atoms with Gasteiger partial charge in [-0.1, -0.05) is 42.0 Å². The molecule has 0 aromatic heterocycles. The number of rotatable bonds is 5. The Balaban J connectivity index is 1.60. The maximum absolute atomic E-state index is 12.3. The normalized spacial score (nSPS) is 19.8. The second-order valence-electron chi connectivity index (χ2n) is 6.36. The summed E-state index contributed by atoms with van der Waals surface area (Å²) in [5, 5.41) is 7.91. The van der Waals surface area contributed by atoms with Crippen molar-refractivity contribution in [1.82, 2.24) is 0 Å². The van der Waals surface area contributed by atoms with E-state index < -0.39 is 10.0 Å². The Bertz CT molecular complexity index is 860. The average molecular weight is 344 g/mol. The van der Waals surface area contributed by atoms with Crippen LogP contribution in [0.2, 0.25) is 0 Å². The number of aryl methyl sites for hydroxylation is 1. The molecule has 0 aliphatic heterocycles. The number of anilines is 1. The first kappa shape index (κ1) is 16.7. The van der Waals surface area contributed by atoms with Gasteiger partial charge in [0.25, 0.3) is 0 Å². The highest BCUT2D eigenvalue weighted by Crippen LogP contribution is 2.48. The van der Waals surface area contributed by atoms with Gasteiger partial charge in [-0.3, -0.25) is 4.79 Å². The summed E-state index contributed by atoms with van der Waals surface area (Å²) in [5.41, 5.74) is 3.66. The quantitative estimate of drug-likeness (QED) is 0.873. The minimum Gasteiger partial charge on any atom is -0.326 e. The fourth-order valence-electron chi connectivity index (χ4n) is 2.91. The van der Waals surface area contributed by atoms with Crippen LogP contribution in [0.5, 0.6) is 0 Å². The maximum Gasteiger partial charge on any atom is 0.228 e. The van der Waals surface area contributed by atoms with E-state index in [0.29, 0.717) is 11.3 Å². The second-order valence-corrected chi connectivity index (χ2v) is 7.97. The Morgan fingerprint density at radius 1 is 1.21 bits per heavy atom. The van der Waals surface area contributed by atoms with E-state index in [2.05, 4.69) is 17.4 Å². The molecule has 2 aromatic rings. The van der Waals surface area contributed by atoms with Crippen LogP contribution < -0.4 is 10.5 Å². The van der Waals surface area contributed by atoms with Crippen molar-refractivity contribution in [3.8, 4) is 0 Å². The zero-order valence-corrected chi connectivity index (χ0v) is 14.2. The van der Waals surface area contributed by atoms with E-state index >= 15 is 0 Å². The van der Waals surface area contributed by atoms with Crippen molar-refractivity contribution >= 4 is 21.6 Å². The van der Waals surface area contributed by atoms with Crippen LogP contribution >= 0.6 is 0 Å². The van der Waals surface area contributed by atoms with Gasteiger partial charge in [0, 0.05) is 11.6 Å². The van der Waals surface area contributed by atoms with Gasteiger partial charge >= 0.3 is 0 Å². The molecule has 0 heterocycles. The summed E-state index contributed by atoms with van der Waals surface area (Å²) in [6.45, 7) is 2.05. The lowest BCUT2D eigenvalue weighted by Crippen LogP contribution is -2.15. The van der Waals surface area contributed by atoms with Gasteiger partial charge in [-0.05, 0) is 42.5 Å². The number of hydrogen-bond acceptors (Lipinski definition) is 3. The predicted molar refractivity (Wildman–Crippen MR) is 93.9 cm³/mol. The second kappa shape index (κ2) is 6.37. The number of carbonyl (C=O) groups excluding carboxylic acids is 1. The minimum atomic E-state index is -3.55. The van der Waals surface area contributed by atoms with E-state index in [1.807, 2.05) is 19.1 Å². The Morgan fingerprint density at radius 2 is 1.92 bits per heavy atom. The largest absolute Gasteiger partial charge is 0.326 e. The molecule has 5 nitrogen and oxygen atoms in total. The summed E-state index contributed by atoms with van der Waals surface area (Å²) in [6.07, 6.45) is 0.860. The Kier molecular flexibility index (Phi) is 4.43. The lowest BCUT2D eigenvalue weighted by molar-refractivity contribution is -0.117. The number of primary sulfonamides is 1. The molecule has 1 amide bonds. The third kappa shape index (κ3) is 4.21. The zero-order chi connectivity index (χ0) is 17.3. The number of nitrogens with two attached hydrogens (primary N) is 1. The van der Waals surface area contributed by atoms with Crippen LogP contribution in [0.15, 0.2) is 48.5 Å². The van der Waals surface area contributed by atoms with E-state index in [4.69, 9.17) is 5.14 Å². The summed E-state index contributed by atoms with van der Waals surface area (Å²) in [6, 6.07) is 15.0. The van der Waals surface area contributed by atoms with E-state index in [9.17, 15) is 13.2 Å². The first-order valence-corrected chi connectivity index (χ1v) is 9.50. The molecule has 2 aromatic carbocycles. The average Bonchev–Trinajstić information content (AvgIpc) is 3.28. The molecule has 1 aliphatic rings. The van der Waals surface area contributed by atoms with Gasteiger partial charge in [-0.15, -0.1) is 0 Å². The van der Waals surface area contributed by atoms with Crippen LogP contribution in [0.3, 0.4) is 0 Å². The number of hydrogen-bond donors (Lipinski definition) is 2. The highest BCUT2D eigenvalue weighted by Gasteiger charge is 2.43. The number of benzene rings is 2. The molecule has 2 atom stereocenters. The lowest BCUT2D eigenvalue weighted by atomic mass is 10.1. The van der Waals surface area contributed by atoms with Gasteiger partial charge in [-0.25, -0.2) is 13.6 Å². The molecule has 1 fully saturated rings. The minimum absolute atomic E-state index is 0.000650. The molecule has 0 bridgehead atoms. The van der Waals surface area contributed by atoms with Gasteiger partial charge in [0.2, 0.25) is 15.9 Å². The molecule has 0 unspecified atom stereocenters. The standard InChI is InChI=1S/C18H20N2O3S/c1-12-3-2-4-14(9-12)16-10-17(16)18(21)20-15-7-5-13(6-8-15)11-24(19,22)23/h2-9,16-17H,10-11H2,1H3,(H,20,21)(H2,19,22,23)/t16-,17+/m0/s1. The Morgan fingerprint density at radius 3 is 2.54 bits per heavy atom. The fraction of sp³-hybridized carbons (Fsp3) is 0.278. The molecule has 3 N–H and O–H groups in total. The van der Waals surface area contributed by atoms with Crippen LogP contribution in [0.25, 0.3) is 0 Å². The molecule has 0 spiro atoms. The van der Waals surface area contributed by atoms with Gasteiger partial charge in [0.15, 0.2) is 0 Å². The molecule has 3 rings (SSSR count). The Hall–Kier alpha value is -2.18. The van der Waals surface area contributed by atoms with Crippen LogP contribution in [0.4, 0.5) is 5.69 Å². The summed E-state index contributed by atoms with van der Waals surface area (Å²) >= 11 is 0. The smallest absolute Gasteiger partial charge is 0.228 e. The monoisotopic (exact) mass is 344 g/mol. The van der Waals surface area contributed by atoms with E-state index in [1.54, 1.807) is 24.3 Å². The van der Waals surface area contributed by atoms with Crippen molar-refractivity contribution in [2.75, 3.05) is 5.32 Å². The molecular formula is C18H20N2O3S. The van der Waals surface area contributed by atoms with Gasteiger partial charge in [-0.2, -0.15) is 0 Å². The van der Waals surface area contributed by atoms with Crippen molar-refractivity contribution in [1.29, 1.82) is 0 Å². The number of amides is 1. The van der Waals surface area contributed by atoms with Crippen LogP contribution in [-0.4, -0.2) is 14.3 Å². The summed E-state index contributed by atoms with van der Waals surface area (Å²) < 4.78 is 22.1. The van der Waals surface area contributed by atoms with Crippen molar-refractivity contribution in [3.05, 3.63) is 65.2 Å². The van der Waals surface area contributed by atoms with Crippen LogP contribution in [0.1, 0.15) is 29.0 Å². The van der Waals surface area contributed by atoms with Gasteiger partial charge in [0.05, 0.1) is 5.75 Å². The predicted octanol–water partition coefficient (Wildman–Crippen LogP) is 2.53. The first-order valence-electron chi connectivity index (χ1n) is 7.79. The fourth-order valence-corrected chi connectivity index (χ4v) is 3.56. The summed E-state index contributed by atoms with van der Waals surface area (Å²) in [5.74, 6) is 0.0717. The lowest BCUT2D eigenvalue weighted by Gasteiger charge is -2.07. The van der Waals surface area contributed by atoms with Gasteiger partial charge < -0.3 is 5.32 Å². The number of carbonyl (C=O) groups is 1. The van der Waals surface area contributed by atoms with E-state index in [1.165, 1.54) is 11.1 Å². The number of nitrogens with one attached hydrogen (secondary N) is 1. The summed E-state index contributed by atoms with van der Waals surface area (Å²) in [4.78, 5) is 12.3. The highest BCUT2D eigenvalue weighted by molar-refractivity contribution is 7.88. The molecule has 126 valence electrons. The maximum atomic E-state index is 12.3. The Labute approximate surface area is 141 Å². The van der Waals surface area contributed by atoms with Crippen molar-refractivity contribution < 1.29 is 13.2 Å². The molecule has 6 heteroatoms. The van der Waals surface area contributed by atoms with Crippen LogP contribution in [0, 0.1) is 12.8 Å². The molecule has 1 saturated carbocycles. The van der Waals surface area contributed by atoms with E-state index in [-0.39, 0.29) is 23.5 Å². The number of sulfonamides is 1. The summed E-state index contributed by atoms with van der Waals surface area (Å²) in [7, 11) is -3.55.